The average Bonchev–Trinajstić information content (AvgIpc) is 2.36. The van der Waals surface area contributed by atoms with Gasteiger partial charge in [-0.3, -0.25) is 4.79 Å². The van der Waals surface area contributed by atoms with Crippen molar-refractivity contribution < 1.29 is 4.79 Å². The molecule has 0 fully saturated rings. The van der Waals surface area contributed by atoms with E-state index in [1.165, 1.54) is 0 Å². The van der Waals surface area contributed by atoms with E-state index in [-0.39, 0.29) is 12.3 Å². The van der Waals surface area contributed by atoms with E-state index in [0.29, 0.717) is 10.0 Å². The van der Waals surface area contributed by atoms with Crippen molar-refractivity contribution in [3.8, 4) is 0 Å². The van der Waals surface area contributed by atoms with Crippen molar-refractivity contribution >= 4 is 34.8 Å². The maximum atomic E-state index is 12.0. The Bertz CT molecular complexity index is 611. The normalized spacial score (nSPS) is 10.3. The molecule has 1 N–H and O–H groups in total. The van der Waals surface area contributed by atoms with Crippen LogP contribution in [0.3, 0.4) is 0 Å². The van der Waals surface area contributed by atoms with Crippen LogP contribution in [0.4, 0.5) is 5.69 Å². The average molecular weight is 294 g/mol. The second kappa shape index (κ2) is 6.09. The van der Waals surface area contributed by atoms with Gasteiger partial charge in [0, 0.05) is 15.7 Å². The van der Waals surface area contributed by atoms with Gasteiger partial charge >= 0.3 is 0 Å². The highest BCUT2D eigenvalue weighted by Crippen LogP contribution is 2.20. The Morgan fingerprint density at radius 3 is 2.58 bits per heavy atom. The summed E-state index contributed by atoms with van der Waals surface area (Å²) in [6.45, 7) is 1.90. The standard InChI is InChI=1S/C15H13Cl2NO/c1-10-8-12(16)6-7-14(10)18-15(19)9-11-4-2-3-5-13(11)17/h2-8H,9H2,1H3,(H,18,19). The summed E-state index contributed by atoms with van der Waals surface area (Å²) in [6, 6.07) is 12.7. The van der Waals surface area contributed by atoms with E-state index in [2.05, 4.69) is 5.32 Å². The predicted molar refractivity (Wildman–Crippen MR) is 80.0 cm³/mol. The smallest absolute Gasteiger partial charge is 0.228 e. The van der Waals surface area contributed by atoms with Crippen molar-refractivity contribution in [2.24, 2.45) is 0 Å². The van der Waals surface area contributed by atoms with Gasteiger partial charge < -0.3 is 5.32 Å². The number of anilines is 1. The maximum Gasteiger partial charge on any atom is 0.228 e. The molecule has 0 atom stereocenters. The second-order valence-corrected chi connectivity index (χ2v) is 5.12. The molecule has 4 heteroatoms. The number of nitrogens with one attached hydrogen (secondary N) is 1. The highest BCUT2D eigenvalue weighted by atomic mass is 35.5. The van der Waals surface area contributed by atoms with Crippen LogP contribution >= 0.6 is 23.2 Å². The zero-order chi connectivity index (χ0) is 13.8. The SMILES string of the molecule is Cc1cc(Cl)ccc1NC(=O)Cc1ccccc1Cl. The lowest BCUT2D eigenvalue weighted by atomic mass is 10.1. The molecule has 98 valence electrons. The van der Waals surface area contributed by atoms with Crippen molar-refractivity contribution in [2.75, 3.05) is 5.32 Å². The Morgan fingerprint density at radius 1 is 1.16 bits per heavy atom. The number of halogens is 2. The van der Waals surface area contributed by atoms with Crippen LogP contribution in [0.1, 0.15) is 11.1 Å². The van der Waals surface area contributed by atoms with Crippen molar-refractivity contribution in [3.05, 3.63) is 63.6 Å². The number of aryl methyl sites for hydroxylation is 1. The van der Waals surface area contributed by atoms with Gasteiger partial charge in [-0.15, -0.1) is 0 Å². The van der Waals surface area contributed by atoms with Crippen LogP contribution in [0.5, 0.6) is 0 Å². The van der Waals surface area contributed by atoms with Gasteiger partial charge in [0.2, 0.25) is 5.91 Å². The highest BCUT2D eigenvalue weighted by Gasteiger charge is 2.08. The third kappa shape index (κ3) is 3.72. The molecule has 0 aromatic heterocycles. The van der Waals surface area contributed by atoms with Crippen molar-refractivity contribution in [1.29, 1.82) is 0 Å². The number of carbonyl (C=O) groups excluding carboxylic acids is 1. The lowest BCUT2D eigenvalue weighted by Gasteiger charge is -2.09. The van der Waals surface area contributed by atoms with Gasteiger partial charge in [0.25, 0.3) is 0 Å². The molecule has 2 rings (SSSR count). The summed E-state index contributed by atoms with van der Waals surface area (Å²) in [4.78, 5) is 12.0. The lowest BCUT2D eigenvalue weighted by Crippen LogP contribution is -2.15. The molecule has 0 radical (unpaired) electrons. The summed E-state index contributed by atoms with van der Waals surface area (Å²) in [5, 5.41) is 4.11. The van der Waals surface area contributed by atoms with E-state index in [1.807, 2.05) is 31.2 Å². The molecular formula is C15H13Cl2NO. The van der Waals surface area contributed by atoms with E-state index in [0.717, 1.165) is 16.8 Å². The van der Waals surface area contributed by atoms with Gasteiger partial charge in [0.15, 0.2) is 0 Å². The molecule has 1 amide bonds. The summed E-state index contributed by atoms with van der Waals surface area (Å²) in [5.41, 5.74) is 2.51. The van der Waals surface area contributed by atoms with Crippen LogP contribution < -0.4 is 5.32 Å². The Balaban J connectivity index is 2.08. The third-order valence-corrected chi connectivity index (χ3v) is 3.38. The first-order valence-corrected chi connectivity index (χ1v) is 6.61. The molecule has 0 heterocycles. The quantitative estimate of drug-likeness (QED) is 0.888. The Labute approximate surface area is 122 Å². The second-order valence-electron chi connectivity index (χ2n) is 4.28. The summed E-state index contributed by atoms with van der Waals surface area (Å²) in [5.74, 6) is -0.0986. The first-order chi connectivity index (χ1) is 9.06. The monoisotopic (exact) mass is 293 g/mol. The summed E-state index contributed by atoms with van der Waals surface area (Å²) in [7, 11) is 0. The molecule has 2 nitrogen and oxygen atoms in total. The molecule has 0 aliphatic rings. The van der Waals surface area contributed by atoms with Gasteiger partial charge in [-0.25, -0.2) is 0 Å². The molecular weight excluding hydrogens is 281 g/mol. The summed E-state index contributed by atoms with van der Waals surface area (Å²) >= 11 is 11.9. The van der Waals surface area contributed by atoms with Gasteiger partial charge in [0.1, 0.15) is 0 Å². The number of benzene rings is 2. The molecule has 0 saturated heterocycles. The fourth-order valence-corrected chi connectivity index (χ4v) is 2.21. The van der Waals surface area contributed by atoms with E-state index >= 15 is 0 Å². The summed E-state index contributed by atoms with van der Waals surface area (Å²) in [6.07, 6.45) is 0.252. The van der Waals surface area contributed by atoms with Crippen molar-refractivity contribution in [1.82, 2.24) is 0 Å². The number of hydrogen-bond donors (Lipinski definition) is 1. The maximum absolute atomic E-state index is 12.0. The van der Waals surface area contributed by atoms with Crippen LogP contribution in [0, 0.1) is 6.92 Å². The zero-order valence-corrected chi connectivity index (χ0v) is 11.9. The van der Waals surface area contributed by atoms with E-state index in [9.17, 15) is 4.79 Å². The lowest BCUT2D eigenvalue weighted by molar-refractivity contribution is -0.115. The fourth-order valence-electron chi connectivity index (χ4n) is 1.78. The predicted octanol–water partition coefficient (Wildman–Crippen LogP) is 4.48. The van der Waals surface area contributed by atoms with Crippen LogP contribution in [0.15, 0.2) is 42.5 Å². The first kappa shape index (κ1) is 13.9. The minimum Gasteiger partial charge on any atom is -0.326 e. The molecule has 0 spiro atoms. The molecule has 0 aliphatic carbocycles. The Kier molecular flexibility index (Phi) is 4.46. The van der Waals surface area contributed by atoms with Gasteiger partial charge in [-0.2, -0.15) is 0 Å². The molecule has 2 aromatic carbocycles. The van der Waals surface area contributed by atoms with E-state index < -0.39 is 0 Å². The minimum absolute atomic E-state index is 0.0986. The topological polar surface area (TPSA) is 29.1 Å². The zero-order valence-electron chi connectivity index (χ0n) is 10.4. The van der Waals surface area contributed by atoms with Gasteiger partial charge in [0.05, 0.1) is 6.42 Å². The molecule has 2 aromatic rings. The largest absolute Gasteiger partial charge is 0.326 e. The van der Waals surface area contributed by atoms with E-state index in [1.54, 1.807) is 18.2 Å². The van der Waals surface area contributed by atoms with Crippen LogP contribution in [-0.4, -0.2) is 5.91 Å². The highest BCUT2D eigenvalue weighted by molar-refractivity contribution is 6.31. The minimum atomic E-state index is -0.0986. The van der Waals surface area contributed by atoms with E-state index in [4.69, 9.17) is 23.2 Å². The molecule has 19 heavy (non-hydrogen) atoms. The molecule has 0 unspecified atom stereocenters. The van der Waals surface area contributed by atoms with Crippen molar-refractivity contribution in [2.45, 2.75) is 13.3 Å². The molecule has 0 aliphatic heterocycles. The van der Waals surface area contributed by atoms with Gasteiger partial charge in [-0.1, -0.05) is 41.4 Å². The fraction of sp³-hybridized carbons (Fsp3) is 0.133. The van der Waals surface area contributed by atoms with Crippen LogP contribution in [-0.2, 0) is 11.2 Å². The third-order valence-electron chi connectivity index (χ3n) is 2.77. The molecule has 0 bridgehead atoms. The first-order valence-electron chi connectivity index (χ1n) is 5.85. The number of hydrogen-bond acceptors (Lipinski definition) is 1. The summed E-state index contributed by atoms with van der Waals surface area (Å²) < 4.78 is 0. The molecule has 0 saturated carbocycles. The number of carbonyl (C=O) groups is 1. The van der Waals surface area contributed by atoms with Gasteiger partial charge in [-0.05, 0) is 42.3 Å². The van der Waals surface area contributed by atoms with Crippen LogP contribution in [0.25, 0.3) is 0 Å². The van der Waals surface area contributed by atoms with Crippen molar-refractivity contribution in [3.63, 3.8) is 0 Å². The Morgan fingerprint density at radius 2 is 1.89 bits per heavy atom. The Hall–Kier alpha value is -1.51. The number of rotatable bonds is 3. The van der Waals surface area contributed by atoms with Crippen LogP contribution in [0.2, 0.25) is 10.0 Å². The number of amides is 1.